The third-order valence-corrected chi connectivity index (χ3v) is 3.25. The molecule has 1 fully saturated rings. The molecule has 1 atom stereocenters. The molecular weight excluding hydrogens is 244 g/mol. The maximum atomic E-state index is 11.5. The average Bonchev–Trinajstić information content (AvgIpc) is 2.47. The predicted octanol–water partition coefficient (Wildman–Crippen LogP) is 0.519. The fourth-order valence-corrected chi connectivity index (χ4v) is 2.23. The SMILES string of the molecule is COC(=O)C1CN(Cc2cccc(CN)c2)CCO1. The van der Waals surface area contributed by atoms with Gasteiger partial charge in [-0.2, -0.15) is 0 Å². The molecule has 1 heterocycles. The Morgan fingerprint density at radius 1 is 1.53 bits per heavy atom. The molecule has 19 heavy (non-hydrogen) atoms. The lowest BCUT2D eigenvalue weighted by Crippen LogP contribution is -2.46. The number of benzene rings is 1. The summed E-state index contributed by atoms with van der Waals surface area (Å²) in [6.45, 7) is 3.28. The van der Waals surface area contributed by atoms with Crippen LogP contribution in [0.25, 0.3) is 0 Å². The fraction of sp³-hybridized carbons (Fsp3) is 0.500. The lowest BCUT2D eigenvalue weighted by Gasteiger charge is -2.31. The molecule has 0 aliphatic carbocycles. The van der Waals surface area contributed by atoms with Gasteiger partial charge in [0.15, 0.2) is 6.10 Å². The van der Waals surface area contributed by atoms with Crippen LogP contribution in [0.4, 0.5) is 0 Å². The standard InChI is InChI=1S/C14H20N2O3/c1-18-14(17)13-10-16(5-6-19-13)9-12-4-2-3-11(7-12)8-15/h2-4,7,13H,5-6,8-10,15H2,1H3. The first-order valence-corrected chi connectivity index (χ1v) is 6.42. The quantitative estimate of drug-likeness (QED) is 0.803. The van der Waals surface area contributed by atoms with Crippen LogP contribution >= 0.6 is 0 Å². The number of morpholine rings is 1. The van der Waals surface area contributed by atoms with E-state index < -0.39 is 6.10 Å². The molecule has 5 heteroatoms. The van der Waals surface area contributed by atoms with Gasteiger partial charge < -0.3 is 15.2 Å². The number of hydrogen-bond acceptors (Lipinski definition) is 5. The Kier molecular flexibility index (Phi) is 4.90. The summed E-state index contributed by atoms with van der Waals surface area (Å²) in [4.78, 5) is 13.7. The molecule has 104 valence electrons. The van der Waals surface area contributed by atoms with E-state index >= 15 is 0 Å². The zero-order valence-electron chi connectivity index (χ0n) is 11.2. The number of rotatable bonds is 4. The van der Waals surface area contributed by atoms with Crippen molar-refractivity contribution in [3.63, 3.8) is 0 Å². The lowest BCUT2D eigenvalue weighted by molar-refractivity contribution is -0.160. The van der Waals surface area contributed by atoms with Gasteiger partial charge in [0.25, 0.3) is 0 Å². The summed E-state index contributed by atoms with van der Waals surface area (Å²) in [7, 11) is 1.38. The third kappa shape index (κ3) is 3.76. The molecule has 2 N–H and O–H groups in total. The van der Waals surface area contributed by atoms with Crippen LogP contribution in [-0.2, 0) is 27.4 Å². The normalized spacial score (nSPS) is 20.2. The minimum atomic E-state index is -0.476. The molecule has 5 nitrogen and oxygen atoms in total. The van der Waals surface area contributed by atoms with Gasteiger partial charge in [0.05, 0.1) is 13.7 Å². The molecule has 1 aliphatic rings. The van der Waals surface area contributed by atoms with Crippen LogP contribution in [0.3, 0.4) is 0 Å². The second-order valence-corrected chi connectivity index (χ2v) is 4.64. The summed E-state index contributed by atoms with van der Waals surface area (Å²) in [5, 5.41) is 0. The Balaban J connectivity index is 1.96. The molecule has 1 unspecified atom stereocenters. The average molecular weight is 264 g/mol. The van der Waals surface area contributed by atoms with E-state index in [0.29, 0.717) is 19.7 Å². The first-order chi connectivity index (χ1) is 9.22. The minimum Gasteiger partial charge on any atom is -0.467 e. The summed E-state index contributed by atoms with van der Waals surface area (Å²) in [6.07, 6.45) is -0.476. The van der Waals surface area contributed by atoms with Gasteiger partial charge in [0, 0.05) is 26.2 Å². The van der Waals surface area contributed by atoms with Crippen LogP contribution in [0.2, 0.25) is 0 Å². The van der Waals surface area contributed by atoms with Crippen LogP contribution in [0, 0.1) is 0 Å². The van der Waals surface area contributed by atoms with Crippen molar-refractivity contribution < 1.29 is 14.3 Å². The Morgan fingerprint density at radius 3 is 3.05 bits per heavy atom. The highest BCUT2D eigenvalue weighted by Crippen LogP contribution is 2.12. The number of carbonyl (C=O) groups excluding carboxylic acids is 1. The minimum absolute atomic E-state index is 0.305. The predicted molar refractivity (Wildman–Crippen MR) is 71.4 cm³/mol. The number of ether oxygens (including phenoxy) is 2. The molecule has 0 amide bonds. The number of hydrogen-bond donors (Lipinski definition) is 1. The van der Waals surface area contributed by atoms with Gasteiger partial charge in [-0.05, 0) is 11.1 Å². The van der Waals surface area contributed by atoms with Crippen LogP contribution in [0.5, 0.6) is 0 Å². The van der Waals surface area contributed by atoms with E-state index in [4.69, 9.17) is 15.2 Å². The van der Waals surface area contributed by atoms with E-state index in [1.807, 2.05) is 12.1 Å². The molecule has 2 rings (SSSR count). The van der Waals surface area contributed by atoms with Gasteiger partial charge in [-0.25, -0.2) is 4.79 Å². The summed E-state index contributed by atoms with van der Waals surface area (Å²) < 4.78 is 10.1. The first-order valence-electron chi connectivity index (χ1n) is 6.42. The number of esters is 1. The number of nitrogens with two attached hydrogens (primary N) is 1. The summed E-state index contributed by atoms with van der Waals surface area (Å²) >= 11 is 0. The Hall–Kier alpha value is -1.43. The maximum absolute atomic E-state index is 11.5. The van der Waals surface area contributed by atoms with E-state index in [0.717, 1.165) is 18.7 Å². The molecule has 0 saturated carbocycles. The zero-order chi connectivity index (χ0) is 13.7. The van der Waals surface area contributed by atoms with Crippen LogP contribution in [0.1, 0.15) is 11.1 Å². The highest BCUT2D eigenvalue weighted by Gasteiger charge is 2.27. The molecule has 0 aromatic heterocycles. The molecule has 0 spiro atoms. The number of nitrogens with zero attached hydrogens (tertiary/aromatic N) is 1. The van der Waals surface area contributed by atoms with Crippen molar-refractivity contribution in [1.82, 2.24) is 4.90 Å². The molecule has 1 saturated heterocycles. The van der Waals surface area contributed by atoms with Crippen molar-refractivity contribution >= 4 is 5.97 Å². The summed E-state index contributed by atoms with van der Waals surface area (Å²) in [5.41, 5.74) is 7.96. The smallest absolute Gasteiger partial charge is 0.336 e. The highest BCUT2D eigenvalue weighted by atomic mass is 16.6. The van der Waals surface area contributed by atoms with Crippen molar-refractivity contribution in [1.29, 1.82) is 0 Å². The van der Waals surface area contributed by atoms with E-state index in [2.05, 4.69) is 17.0 Å². The summed E-state index contributed by atoms with van der Waals surface area (Å²) in [5.74, 6) is -0.305. The highest BCUT2D eigenvalue weighted by molar-refractivity contribution is 5.74. The Labute approximate surface area is 113 Å². The summed E-state index contributed by atoms with van der Waals surface area (Å²) in [6, 6.07) is 8.19. The molecule has 1 aliphatic heterocycles. The second-order valence-electron chi connectivity index (χ2n) is 4.64. The molecule has 1 aromatic carbocycles. The topological polar surface area (TPSA) is 64.8 Å². The van der Waals surface area contributed by atoms with Crippen molar-refractivity contribution in [3.8, 4) is 0 Å². The van der Waals surface area contributed by atoms with Crippen molar-refractivity contribution in [2.75, 3.05) is 26.8 Å². The van der Waals surface area contributed by atoms with E-state index in [-0.39, 0.29) is 5.97 Å². The molecule has 0 radical (unpaired) electrons. The monoisotopic (exact) mass is 264 g/mol. The molecule has 1 aromatic rings. The third-order valence-electron chi connectivity index (χ3n) is 3.25. The van der Waals surface area contributed by atoms with Gasteiger partial charge in [-0.15, -0.1) is 0 Å². The van der Waals surface area contributed by atoms with Gasteiger partial charge in [-0.1, -0.05) is 24.3 Å². The lowest BCUT2D eigenvalue weighted by atomic mass is 10.1. The molecular formula is C14H20N2O3. The Bertz CT molecular complexity index is 436. The van der Waals surface area contributed by atoms with Crippen LogP contribution < -0.4 is 5.73 Å². The fourth-order valence-electron chi connectivity index (χ4n) is 2.23. The van der Waals surface area contributed by atoms with Crippen LogP contribution in [0.15, 0.2) is 24.3 Å². The van der Waals surface area contributed by atoms with Gasteiger partial charge in [-0.3, -0.25) is 4.90 Å². The molecule has 0 bridgehead atoms. The van der Waals surface area contributed by atoms with Gasteiger partial charge in [0.1, 0.15) is 0 Å². The van der Waals surface area contributed by atoms with E-state index in [1.54, 1.807) is 0 Å². The van der Waals surface area contributed by atoms with Gasteiger partial charge in [0.2, 0.25) is 0 Å². The van der Waals surface area contributed by atoms with Crippen molar-refractivity contribution in [2.24, 2.45) is 5.73 Å². The van der Waals surface area contributed by atoms with Gasteiger partial charge >= 0.3 is 5.97 Å². The number of carbonyl (C=O) groups is 1. The van der Waals surface area contributed by atoms with Crippen LogP contribution in [-0.4, -0.2) is 43.8 Å². The largest absolute Gasteiger partial charge is 0.467 e. The van der Waals surface area contributed by atoms with E-state index in [1.165, 1.54) is 12.7 Å². The van der Waals surface area contributed by atoms with Crippen molar-refractivity contribution in [2.45, 2.75) is 19.2 Å². The van der Waals surface area contributed by atoms with Crippen molar-refractivity contribution in [3.05, 3.63) is 35.4 Å². The maximum Gasteiger partial charge on any atom is 0.336 e. The van der Waals surface area contributed by atoms with E-state index in [9.17, 15) is 4.79 Å². The first kappa shape index (κ1) is 14.0. The zero-order valence-corrected chi connectivity index (χ0v) is 11.2. The number of methoxy groups -OCH3 is 1. The Morgan fingerprint density at radius 2 is 2.32 bits per heavy atom. The second kappa shape index (κ2) is 6.65.